The standard InChI is InChI=1S/C18H25NO4/c1-11(2)15-10-23-18(21)19(15)17(20)16(12(3)4)13-6-8-14(22-5)9-7-13/h6-9,11-12,15-16H,10H2,1-5H3/t15-,16+/m1/s1. The Morgan fingerprint density at radius 1 is 1.22 bits per heavy atom. The zero-order valence-electron chi connectivity index (χ0n) is 14.4. The number of imide groups is 1. The van der Waals surface area contributed by atoms with Crippen molar-refractivity contribution < 1.29 is 19.1 Å². The topological polar surface area (TPSA) is 55.8 Å². The van der Waals surface area contributed by atoms with Crippen LogP contribution in [0.2, 0.25) is 0 Å². The first-order valence-corrected chi connectivity index (χ1v) is 8.00. The Balaban J connectivity index is 2.32. The molecule has 0 radical (unpaired) electrons. The van der Waals surface area contributed by atoms with Gasteiger partial charge in [-0.2, -0.15) is 0 Å². The van der Waals surface area contributed by atoms with E-state index in [2.05, 4.69) is 0 Å². The first-order chi connectivity index (χ1) is 10.9. The highest BCUT2D eigenvalue weighted by molar-refractivity contribution is 5.97. The van der Waals surface area contributed by atoms with Crippen LogP contribution in [0.15, 0.2) is 24.3 Å². The molecule has 1 aliphatic rings. The summed E-state index contributed by atoms with van der Waals surface area (Å²) in [6.45, 7) is 8.22. The molecule has 0 spiro atoms. The van der Waals surface area contributed by atoms with Crippen molar-refractivity contribution in [3.8, 4) is 5.75 Å². The average Bonchev–Trinajstić information content (AvgIpc) is 2.89. The Morgan fingerprint density at radius 3 is 2.30 bits per heavy atom. The SMILES string of the molecule is COc1ccc([C@@H](C(=O)N2C(=O)OC[C@@H]2C(C)C)C(C)C)cc1. The third-order valence-electron chi connectivity index (χ3n) is 4.32. The molecule has 1 fully saturated rings. The van der Waals surface area contributed by atoms with Crippen LogP contribution in [-0.4, -0.2) is 36.7 Å². The largest absolute Gasteiger partial charge is 0.497 e. The summed E-state index contributed by atoms with van der Waals surface area (Å²) in [5.41, 5.74) is 0.882. The lowest BCUT2D eigenvalue weighted by Crippen LogP contribution is -2.45. The zero-order chi connectivity index (χ0) is 17.1. The van der Waals surface area contributed by atoms with E-state index in [4.69, 9.17) is 9.47 Å². The summed E-state index contributed by atoms with van der Waals surface area (Å²) in [5, 5.41) is 0. The molecule has 0 bridgehead atoms. The Labute approximate surface area is 137 Å². The lowest BCUT2D eigenvalue weighted by molar-refractivity contribution is -0.132. The highest BCUT2D eigenvalue weighted by atomic mass is 16.6. The van der Waals surface area contributed by atoms with Crippen molar-refractivity contribution in [2.24, 2.45) is 11.8 Å². The molecule has 126 valence electrons. The molecule has 0 N–H and O–H groups in total. The van der Waals surface area contributed by atoms with Gasteiger partial charge in [0.15, 0.2) is 0 Å². The van der Waals surface area contributed by atoms with Crippen LogP contribution in [0.25, 0.3) is 0 Å². The van der Waals surface area contributed by atoms with Crippen LogP contribution in [0, 0.1) is 11.8 Å². The zero-order valence-corrected chi connectivity index (χ0v) is 14.4. The van der Waals surface area contributed by atoms with E-state index in [9.17, 15) is 9.59 Å². The van der Waals surface area contributed by atoms with E-state index in [1.807, 2.05) is 52.0 Å². The average molecular weight is 319 g/mol. The van der Waals surface area contributed by atoms with Crippen molar-refractivity contribution in [2.45, 2.75) is 39.7 Å². The van der Waals surface area contributed by atoms with Crippen molar-refractivity contribution in [3.05, 3.63) is 29.8 Å². The van der Waals surface area contributed by atoms with Gasteiger partial charge in [0.2, 0.25) is 5.91 Å². The van der Waals surface area contributed by atoms with Gasteiger partial charge in [-0.25, -0.2) is 9.69 Å². The number of cyclic esters (lactones) is 1. The molecular formula is C18H25NO4. The second-order valence-electron chi connectivity index (χ2n) is 6.59. The van der Waals surface area contributed by atoms with Gasteiger partial charge in [0.05, 0.1) is 19.1 Å². The lowest BCUT2D eigenvalue weighted by Gasteiger charge is -2.29. The predicted molar refractivity (Wildman–Crippen MR) is 87.4 cm³/mol. The van der Waals surface area contributed by atoms with Crippen LogP contribution in [0.1, 0.15) is 39.2 Å². The molecule has 5 nitrogen and oxygen atoms in total. The lowest BCUT2D eigenvalue weighted by atomic mass is 9.86. The number of nitrogens with zero attached hydrogens (tertiary/aromatic N) is 1. The van der Waals surface area contributed by atoms with Crippen molar-refractivity contribution in [1.82, 2.24) is 4.90 Å². The second kappa shape index (κ2) is 7.02. The molecule has 2 rings (SSSR count). The van der Waals surface area contributed by atoms with Crippen molar-refractivity contribution in [1.29, 1.82) is 0 Å². The van der Waals surface area contributed by atoms with Gasteiger partial charge in [-0.3, -0.25) is 4.79 Å². The fraction of sp³-hybridized carbons (Fsp3) is 0.556. The Kier molecular flexibility index (Phi) is 5.29. The van der Waals surface area contributed by atoms with Gasteiger partial charge in [-0.1, -0.05) is 39.8 Å². The van der Waals surface area contributed by atoms with Crippen molar-refractivity contribution >= 4 is 12.0 Å². The van der Waals surface area contributed by atoms with Gasteiger partial charge in [0.25, 0.3) is 0 Å². The molecule has 1 heterocycles. The number of hydrogen-bond acceptors (Lipinski definition) is 4. The normalized spacial score (nSPS) is 19.2. The molecule has 0 aliphatic carbocycles. The molecule has 1 aliphatic heterocycles. The van der Waals surface area contributed by atoms with E-state index in [-0.39, 0.29) is 36.3 Å². The Hall–Kier alpha value is -2.04. The van der Waals surface area contributed by atoms with E-state index < -0.39 is 6.09 Å². The highest BCUT2D eigenvalue weighted by Gasteiger charge is 2.43. The summed E-state index contributed by atoms with van der Waals surface area (Å²) < 4.78 is 10.3. The molecule has 5 heteroatoms. The van der Waals surface area contributed by atoms with Gasteiger partial charge in [0, 0.05) is 0 Å². The molecule has 2 amide bonds. The summed E-state index contributed by atoms with van der Waals surface area (Å²) >= 11 is 0. The van der Waals surface area contributed by atoms with Crippen LogP contribution in [0.4, 0.5) is 4.79 Å². The second-order valence-corrected chi connectivity index (χ2v) is 6.59. The number of carbonyl (C=O) groups excluding carboxylic acids is 2. The van der Waals surface area contributed by atoms with Gasteiger partial charge < -0.3 is 9.47 Å². The smallest absolute Gasteiger partial charge is 0.417 e. The van der Waals surface area contributed by atoms with Gasteiger partial charge >= 0.3 is 6.09 Å². The van der Waals surface area contributed by atoms with Gasteiger partial charge in [-0.15, -0.1) is 0 Å². The monoisotopic (exact) mass is 319 g/mol. The van der Waals surface area contributed by atoms with E-state index >= 15 is 0 Å². The first kappa shape index (κ1) is 17.3. The number of rotatable bonds is 5. The minimum Gasteiger partial charge on any atom is -0.497 e. The third-order valence-corrected chi connectivity index (χ3v) is 4.32. The van der Waals surface area contributed by atoms with E-state index in [0.717, 1.165) is 11.3 Å². The van der Waals surface area contributed by atoms with E-state index in [1.165, 1.54) is 4.90 Å². The molecule has 2 atom stereocenters. The Morgan fingerprint density at radius 2 is 1.83 bits per heavy atom. The van der Waals surface area contributed by atoms with Crippen LogP contribution in [0.3, 0.4) is 0 Å². The molecule has 1 aromatic rings. The molecule has 1 aromatic carbocycles. The molecule has 1 saturated heterocycles. The maximum Gasteiger partial charge on any atom is 0.417 e. The van der Waals surface area contributed by atoms with E-state index in [0.29, 0.717) is 0 Å². The maximum atomic E-state index is 13.1. The number of ether oxygens (including phenoxy) is 2. The number of benzene rings is 1. The number of carbonyl (C=O) groups is 2. The third kappa shape index (κ3) is 3.49. The van der Waals surface area contributed by atoms with Crippen LogP contribution in [-0.2, 0) is 9.53 Å². The highest BCUT2D eigenvalue weighted by Crippen LogP contribution is 2.31. The number of methoxy groups -OCH3 is 1. The van der Waals surface area contributed by atoms with Crippen LogP contribution in [0.5, 0.6) is 5.75 Å². The molecule has 0 aromatic heterocycles. The molecule has 0 unspecified atom stereocenters. The summed E-state index contributed by atoms with van der Waals surface area (Å²) in [5.74, 6) is 0.398. The number of amides is 2. The first-order valence-electron chi connectivity index (χ1n) is 8.00. The molecule has 0 saturated carbocycles. The van der Waals surface area contributed by atoms with Gasteiger partial charge in [0.1, 0.15) is 12.4 Å². The summed E-state index contributed by atoms with van der Waals surface area (Å²) in [7, 11) is 1.60. The minimum atomic E-state index is -0.534. The summed E-state index contributed by atoms with van der Waals surface area (Å²) in [6.07, 6.45) is -0.534. The summed E-state index contributed by atoms with van der Waals surface area (Å²) in [6, 6.07) is 7.23. The van der Waals surface area contributed by atoms with Crippen LogP contribution < -0.4 is 4.74 Å². The Bertz CT molecular complexity index is 565. The summed E-state index contributed by atoms with van der Waals surface area (Å²) in [4.78, 5) is 26.4. The molecular weight excluding hydrogens is 294 g/mol. The van der Waals surface area contributed by atoms with Crippen LogP contribution >= 0.6 is 0 Å². The molecule has 23 heavy (non-hydrogen) atoms. The number of hydrogen-bond donors (Lipinski definition) is 0. The van der Waals surface area contributed by atoms with Crippen molar-refractivity contribution in [2.75, 3.05) is 13.7 Å². The minimum absolute atomic E-state index is 0.0668. The van der Waals surface area contributed by atoms with Gasteiger partial charge in [-0.05, 0) is 29.5 Å². The fourth-order valence-corrected chi connectivity index (χ4v) is 2.95. The fourth-order valence-electron chi connectivity index (χ4n) is 2.95. The maximum absolute atomic E-state index is 13.1. The quantitative estimate of drug-likeness (QED) is 0.834. The predicted octanol–water partition coefficient (Wildman–Crippen LogP) is 3.44. The van der Waals surface area contributed by atoms with Crippen molar-refractivity contribution in [3.63, 3.8) is 0 Å². The van der Waals surface area contributed by atoms with E-state index in [1.54, 1.807) is 7.11 Å².